The van der Waals surface area contributed by atoms with E-state index < -0.39 is 10.0 Å². The summed E-state index contributed by atoms with van der Waals surface area (Å²) in [5.41, 5.74) is 0. The predicted octanol–water partition coefficient (Wildman–Crippen LogP) is 0.820. The summed E-state index contributed by atoms with van der Waals surface area (Å²) in [6, 6.07) is -0.0360. The molecule has 1 saturated carbocycles. The van der Waals surface area contributed by atoms with Crippen LogP contribution >= 0.6 is 11.8 Å². The molecule has 1 aliphatic rings. The summed E-state index contributed by atoms with van der Waals surface area (Å²) in [6.45, 7) is 2.47. The summed E-state index contributed by atoms with van der Waals surface area (Å²) < 4.78 is 25.2. The number of thioether (sulfide) groups is 1. The second-order valence-corrected chi connectivity index (χ2v) is 7.98. The van der Waals surface area contributed by atoms with E-state index in [1.807, 2.05) is 13.2 Å². The fraction of sp³-hybridized carbons (Fsp3) is 0.917. The first-order chi connectivity index (χ1) is 8.83. The van der Waals surface area contributed by atoms with E-state index in [-0.39, 0.29) is 23.8 Å². The van der Waals surface area contributed by atoms with Gasteiger partial charge in [-0.15, -0.1) is 0 Å². The van der Waals surface area contributed by atoms with Gasteiger partial charge in [-0.05, 0) is 25.0 Å². The molecule has 3 unspecified atom stereocenters. The summed E-state index contributed by atoms with van der Waals surface area (Å²) in [5, 5.41) is 2.94. The molecule has 0 spiro atoms. The van der Waals surface area contributed by atoms with E-state index in [2.05, 4.69) is 10.0 Å². The Kier molecular flexibility index (Phi) is 6.62. The van der Waals surface area contributed by atoms with Gasteiger partial charge in [0.05, 0.1) is 6.26 Å². The van der Waals surface area contributed by atoms with Crippen molar-refractivity contribution in [2.45, 2.75) is 32.2 Å². The lowest BCUT2D eigenvalue weighted by molar-refractivity contribution is -0.124. The third-order valence-electron chi connectivity index (χ3n) is 3.43. The average molecular weight is 308 g/mol. The van der Waals surface area contributed by atoms with Gasteiger partial charge in [0.2, 0.25) is 15.9 Å². The first-order valence-corrected chi connectivity index (χ1v) is 9.86. The molecule has 0 aliphatic heterocycles. The van der Waals surface area contributed by atoms with E-state index in [0.717, 1.165) is 25.0 Å². The minimum Gasteiger partial charge on any atom is -0.356 e. The molecule has 19 heavy (non-hydrogen) atoms. The number of carbonyl (C=O) groups excluding carboxylic acids is 1. The van der Waals surface area contributed by atoms with Crippen LogP contribution in [0.3, 0.4) is 0 Å². The molecule has 1 fully saturated rings. The number of amides is 1. The van der Waals surface area contributed by atoms with Crippen molar-refractivity contribution >= 4 is 27.7 Å². The number of nitrogens with one attached hydrogen (secondary N) is 2. The van der Waals surface area contributed by atoms with Gasteiger partial charge in [-0.3, -0.25) is 4.79 Å². The van der Waals surface area contributed by atoms with Crippen molar-refractivity contribution in [3.05, 3.63) is 0 Å². The van der Waals surface area contributed by atoms with Crippen molar-refractivity contribution in [1.82, 2.24) is 10.0 Å². The number of carbonyl (C=O) groups is 1. The van der Waals surface area contributed by atoms with Crippen LogP contribution in [-0.4, -0.2) is 45.2 Å². The van der Waals surface area contributed by atoms with Crippen LogP contribution in [0.2, 0.25) is 0 Å². The van der Waals surface area contributed by atoms with Gasteiger partial charge in [-0.1, -0.05) is 13.3 Å². The second-order valence-electron chi connectivity index (χ2n) is 5.29. The monoisotopic (exact) mass is 308 g/mol. The highest BCUT2D eigenvalue weighted by atomic mass is 32.2. The lowest BCUT2D eigenvalue weighted by Crippen LogP contribution is -2.42. The number of hydrogen-bond donors (Lipinski definition) is 2. The molecule has 112 valence electrons. The highest BCUT2D eigenvalue weighted by Gasteiger charge is 2.29. The molecule has 0 aromatic heterocycles. The Labute approximate surface area is 120 Å². The quantitative estimate of drug-likeness (QED) is 0.730. The lowest BCUT2D eigenvalue weighted by Gasteiger charge is -2.21. The van der Waals surface area contributed by atoms with Crippen LogP contribution in [0.4, 0.5) is 0 Å². The third-order valence-corrected chi connectivity index (χ3v) is 4.99. The second kappa shape index (κ2) is 7.50. The van der Waals surface area contributed by atoms with Crippen molar-refractivity contribution < 1.29 is 13.2 Å². The first kappa shape index (κ1) is 16.8. The highest BCUT2D eigenvalue weighted by molar-refractivity contribution is 7.98. The zero-order chi connectivity index (χ0) is 14.5. The van der Waals surface area contributed by atoms with E-state index in [1.54, 1.807) is 11.8 Å². The van der Waals surface area contributed by atoms with Crippen molar-refractivity contribution in [3.8, 4) is 0 Å². The average Bonchev–Trinajstić information content (AvgIpc) is 2.71. The number of sulfonamides is 1. The smallest absolute Gasteiger partial charge is 0.223 e. The van der Waals surface area contributed by atoms with Crippen molar-refractivity contribution in [3.63, 3.8) is 0 Å². The molecule has 1 rings (SSSR count). The molecule has 0 heterocycles. The molecule has 3 atom stereocenters. The molecule has 1 amide bonds. The molecule has 0 aromatic rings. The number of rotatable bonds is 7. The van der Waals surface area contributed by atoms with Crippen molar-refractivity contribution in [1.29, 1.82) is 0 Å². The minimum absolute atomic E-state index is 0.00211. The number of hydrogen-bond acceptors (Lipinski definition) is 4. The molecule has 7 heteroatoms. The zero-order valence-corrected chi connectivity index (χ0v) is 13.4. The Morgan fingerprint density at radius 1 is 1.42 bits per heavy atom. The standard InChI is InChI=1S/C12H24N2O3S2/c1-9(8-18-2)12(15)13-7-10-5-4-6-11(10)14-19(3,16)17/h9-11,14H,4-8H2,1-3H3,(H,13,15). The summed E-state index contributed by atoms with van der Waals surface area (Å²) in [5.74, 6) is 1.07. The topological polar surface area (TPSA) is 75.3 Å². The maximum absolute atomic E-state index is 11.8. The zero-order valence-electron chi connectivity index (χ0n) is 11.8. The lowest BCUT2D eigenvalue weighted by atomic mass is 10.0. The van der Waals surface area contributed by atoms with Crippen LogP contribution in [0, 0.1) is 11.8 Å². The highest BCUT2D eigenvalue weighted by Crippen LogP contribution is 2.25. The van der Waals surface area contributed by atoms with E-state index in [9.17, 15) is 13.2 Å². The van der Waals surface area contributed by atoms with Crippen LogP contribution in [-0.2, 0) is 14.8 Å². The summed E-state index contributed by atoms with van der Waals surface area (Å²) in [6.07, 6.45) is 5.99. The van der Waals surface area contributed by atoms with Crippen LogP contribution < -0.4 is 10.0 Å². The van der Waals surface area contributed by atoms with Crippen molar-refractivity contribution in [2.75, 3.05) is 24.8 Å². The molecule has 2 N–H and O–H groups in total. The van der Waals surface area contributed by atoms with E-state index in [4.69, 9.17) is 0 Å². The fourth-order valence-electron chi connectivity index (χ4n) is 2.44. The Bertz CT molecular complexity index is 398. The minimum atomic E-state index is -3.17. The Morgan fingerprint density at radius 2 is 2.11 bits per heavy atom. The van der Waals surface area contributed by atoms with Crippen LogP contribution in [0.15, 0.2) is 0 Å². The van der Waals surface area contributed by atoms with Gasteiger partial charge >= 0.3 is 0 Å². The van der Waals surface area contributed by atoms with E-state index in [1.165, 1.54) is 6.26 Å². The molecular formula is C12H24N2O3S2. The Balaban J connectivity index is 2.41. The molecular weight excluding hydrogens is 284 g/mol. The molecule has 0 radical (unpaired) electrons. The van der Waals surface area contributed by atoms with Gasteiger partial charge in [-0.2, -0.15) is 11.8 Å². The largest absolute Gasteiger partial charge is 0.356 e. The van der Waals surface area contributed by atoms with E-state index in [0.29, 0.717) is 6.54 Å². The summed E-state index contributed by atoms with van der Waals surface area (Å²) >= 11 is 1.65. The maximum atomic E-state index is 11.8. The molecule has 0 aromatic carbocycles. The predicted molar refractivity (Wildman–Crippen MR) is 79.7 cm³/mol. The van der Waals surface area contributed by atoms with E-state index >= 15 is 0 Å². The van der Waals surface area contributed by atoms with Gasteiger partial charge in [0.15, 0.2) is 0 Å². The first-order valence-electron chi connectivity index (χ1n) is 6.57. The summed E-state index contributed by atoms with van der Waals surface area (Å²) in [7, 11) is -3.17. The Morgan fingerprint density at radius 3 is 2.68 bits per heavy atom. The normalized spacial score (nSPS) is 25.2. The van der Waals surface area contributed by atoms with Gasteiger partial charge in [0.1, 0.15) is 0 Å². The molecule has 1 aliphatic carbocycles. The van der Waals surface area contributed by atoms with Crippen LogP contribution in [0.5, 0.6) is 0 Å². The van der Waals surface area contributed by atoms with Gasteiger partial charge < -0.3 is 5.32 Å². The van der Waals surface area contributed by atoms with Gasteiger partial charge in [0.25, 0.3) is 0 Å². The third kappa shape index (κ3) is 6.14. The Hall–Kier alpha value is -0.270. The molecule has 0 saturated heterocycles. The molecule has 5 nitrogen and oxygen atoms in total. The SMILES string of the molecule is CSCC(C)C(=O)NCC1CCCC1NS(C)(=O)=O. The van der Waals surface area contributed by atoms with Gasteiger partial charge in [-0.25, -0.2) is 13.1 Å². The van der Waals surface area contributed by atoms with Crippen molar-refractivity contribution in [2.24, 2.45) is 11.8 Å². The van der Waals surface area contributed by atoms with Crippen LogP contribution in [0.1, 0.15) is 26.2 Å². The maximum Gasteiger partial charge on any atom is 0.223 e. The van der Waals surface area contributed by atoms with Gasteiger partial charge in [0, 0.05) is 24.3 Å². The fourth-order valence-corrected chi connectivity index (χ4v) is 3.95. The molecule has 0 bridgehead atoms. The van der Waals surface area contributed by atoms with Crippen LogP contribution in [0.25, 0.3) is 0 Å². The summed E-state index contributed by atoms with van der Waals surface area (Å²) in [4.78, 5) is 11.8.